The zero-order valence-electron chi connectivity index (χ0n) is 17.1. The molecule has 0 spiro atoms. The Hall–Kier alpha value is -1.46. The first kappa shape index (κ1) is 25.6. The molecule has 9 heteroatoms. The monoisotopic (exact) mass is 522 g/mol. The van der Waals surface area contributed by atoms with Crippen LogP contribution in [0.3, 0.4) is 0 Å². The summed E-state index contributed by atoms with van der Waals surface area (Å²) in [7, 11) is 1.69. The van der Waals surface area contributed by atoms with E-state index in [1.165, 1.54) is 6.07 Å². The number of benzene rings is 1. The number of guanidine groups is 1. The lowest BCUT2D eigenvalue weighted by molar-refractivity contribution is 0.0168. The van der Waals surface area contributed by atoms with E-state index in [0.717, 1.165) is 32.4 Å². The van der Waals surface area contributed by atoms with Crippen molar-refractivity contribution < 1.29 is 18.7 Å². The molecule has 0 bridgehead atoms. The molecule has 2 rings (SSSR count). The first-order valence-electron chi connectivity index (χ1n) is 9.78. The molecule has 1 aliphatic heterocycles. The van der Waals surface area contributed by atoms with Crippen LogP contribution in [0, 0.1) is 12.7 Å². The summed E-state index contributed by atoms with van der Waals surface area (Å²) < 4.78 is 24.6. The molecule has 1 amide bonds. The molecule has 1 aromatic rings. The normalized spacial score (nSPS) is 16.2. The van der Waals surface area contributed by atoms with Crippen molar-refractivity contribution in [2.45, 2.75) is 32.3 Å². The highest BCUT2D eigenvalue weighted by atomic mass is 127. The van der Waals surface area contributed by atoms with E-state index in [1.54, 1.807) is 26.1 Å². The van der Waals surface area contributed by atoms with Gasteiger partial charge in [-0.15, -0.1) is 24.0 Å². The van der Waals surface area contributed by atoms with E-state index in [1.807, 2.05) is 0 Å². The Morgan fingerprint density at radius 2 is 2.03 bits per heavy atom. The molecule has 3 N–H and O–H groups in total. The van der Waals surface area contributed by atoms with Gasteiger partial charge in [0.1, 0.15) is 5.82 Å². The number of carbonyl (C=O) groups is 1. The smallest absolute Gasteiger partial charge is 0.251 e. The van der Waals surface area contributed by atoms with Crippen molar-refractivity contribution in [1.82, 2.24) is 16.0 Å². The van der Waals surface area contributed by atoms with Crippen LogP contribution in [0.4, 0.5) is 4.39 Å². The van der Waals surface area contributed by atoms with Crippen LogP contribution in [-0.2, 0) is 9.47 Å². The number of halogens is 2. The van der Waals surface area contributed by atoms with Crippen molar-refractivity contribution in [3.63, 3.8) is 0 Å². The van der Waals surface area contributed by atoms with Gasteiger partial charge in [0, 0.05) is 45.5 Å². The molecular weight excluding hydrogens is 490 g/mol. The van der Waals surface area contributed by atoms with E-state index < -0.39 is 0 Å². The van der Waals surface area contributed by atoms with Crippen LogP contribution in [0.1, 0.15) is 35.2 Å². The molecule has 1 aromatic carbocycles. The topological polar surface area (TPSA) is 84.0 Å². The molecular formula is C20H32FIN4O3. The molecule has 1 fully saturated rings. The summed E-state index contributed by atoms with van der Waals surface area (Å²) in [5.41, 5.74) is 0.832. The Bertz CT molecular complexity index is 655. The van der Waals surface area contributed by atoms with Gasteiger partial charge in [-0.05, 0) is 43.9 Å². The fraction of sp³-hybridized carbons (Fsp3) is 0.600. The van der Waals surface area contributed by atoms with Crippen molar-refractivity contribution >= 4 is 35.8 Å². The number of nitrogens with one attached hydrogen (secondary N) is 3. The molecule has 1 saturated heterocycles. The number of hydrogen-bond donors (Lipinski definition) is 3. The predicted octanol–water partition coefficient (Wildman–Crippen LogP) is 2.23. The molecule has 0 radical (unpaired) electrons. The number of amides is 1. The first-order chi connectivity index (χ1) is 13.6. The van der Waals surface area contributed by atoms with Gasteiger partial charge in [-0.1, -0.05) is 6.07 Å². The van der Waals surface area contributed by atoms with Crippen LogP contribution in [0.25, 0.3) is 0 Å². The van der Waals surface area contributed by atoms with Gasteiger partial charge in [0.05, 0.1) is 12.7 Å². The molecule has 29 heavy (non-hydrogen) atoms. The number of carbonyl (C=O) groups excluding carboxylic acids is 1. The SMILES string of the molecule is CN=C(NCCCOCC1CCCO1)NCCNC(=O)c1ccc(C)c(F)c1.I. The predicted molar refractivity (Wildman–Crippen MR) is 123 cm³/mol. The molecule has 0 saturated carbocycles. The lowest BCUT2D eigenvalue weighted by Gasteiger charge is -2.13. The maximum atomic E-state index is 13.5. The van der Waals surface area contributed by atoms with Crippen LogP contribution in [-0.4, -0.2) is 64.5 Å². The number of ether oxygens (including phenoxy) is 2. The van der Waals surface area contributed by atoms with Crippen molar-refractivity contribution in [2.24, 2.45) is 4.99 Å². The average Bonchev–Trinajstić information content (AvgIpc) is 3.21. The molecule has 0 aliphatic carbocycles. The Labute approximate surface area is 189 Å². The zero-order chi connectivity index (χ0) is 20.2. The molecule has 1 heterocycles. The average molecular weight is 522 g/mol. The second kappa shape index (κ2) is 14.5. The minimum atomic E-state index is -0.380. The van der Waals surface area contributed by atoms with Crippen molar-refractivity contribution in [2.75, 3.05) is 46.5 Å². The largest absolute Gasteiger partial charge is 0.379 e. The van der Waals surface area contributed by atoms with Gasteiger partial charge in [-0.25, -0.2) is 4.39 Å². The molecule has 1 aliphatic rings. The van der Waals surface area contributed by atoms with E-state index in [0.29, 0.717) is 43.4 Å². The lowest BCUT2D eigenvalue weighted by Crippen LogP contribution is -2.42. The van der Waals surface area contributed by atoms with Gasteiger partial charge in [0.2, 0.25) is 0 Å². The van der Waals surface area contributed by atoms with Gasteiger partial charge in [-0.2, -0.15) is 0 Å². The van der Waals surface area contributed by atoms with Crippen molar-refractivity contribution in [3.05, 3.63) is 35.1 Å². The summed E-state index contributed by atoms with van der Waals surface area (Å²) in [6.07, 6.45) is 3.34. The van der Waals surface area contributed by atoms with Gasteiger partial charge < -0.3 is 25.4 Å². The third-order valence-corrected chi connectivity index (χ3v) is 4.45. The van der Waals surface area contributed by atoms with E-state index in [9.17, 15) is 9.18 Å². The zero-order valence-corrected chi connectivity index (χ0v) is 19.5. The molecule has 164 valence electrons. The van der Waals surface area contributed by atoms with Crippen LogP contribution >= 0.6 is 24.0 Å². The standard InChI is InChI=1S/C20H31FN4O3.HI/c1-15-6-7-16(13-18(15)21)19(26)23-9-10-25-20(22-2)24-8-4-11-27-14-17-5-3-12-28-17;/h6-7,13,17H,3-5,8-12,14H2,1-2H3,(H,23,26)(H2,22,24,25);1H. The quantitative estimate of drug-likeness (QED) is 0.190. The third kappa shape index (κ3) is 9.72. The van der Waals surface area contributed by atoms with Gasteiger partial charge in [-0.3, -0.25) is 9.79 Å². The van der Waals surface area contributed by atoms with Crippen LogP contribution in [0.5, 0.6) is 0 Å². The molecule has 1 unspecified atom stereocenters. The number of rotatable bonds is 10. The van der Waals surface area contributed by atoms with E-state index in [4.69, 9.17) is 9.47 Å². The van der Waals surface area contributed by atoms with Gasteiger partial charge >= 0.3 is 0 Å². The highest BCUT2D eigenvalue weighted by Gasteiger charge is 2.14. The second-order valence-corrected chi connectivity index (χ2v) is 6.71. The lowest BCUT2D eigenvalue weighted by atomic mass is 10.1. The van der Waals surface area contributed by atoms with Gasteiger partial charge in [0.25, 0.3) is 5.91 Å². The summed E-state index contributed by atoms with van der Waals surface area (Å²) in [5.74, 6) is -0.0167. The van der Waals surface area contributed by atoms with Crippen LogP contribution < -0.4 is 16.0 Å². The summed E-state index contributed by atoms with van der Waals surface area (Å²) in [4.78, 5) is 16.2. The Morgan fingerprint density at radius 1 is 1.28 bits per heavy atom. The van der Waals surface area contributed by atoms with Crippen molar-refractivity contribution in [1.29, 1.82) is 0 Å². The number of aliphatic imine (C=N–C) groups is 1. The highest BCUT2D eigenvalue weighted by Crippen LogP contribution is 2.11. The number of nitrogens with zero attached hydrogens (tertiary/aromatic N) is 1. The van der Waals surface area contributed by atoms with Crippen LogP contribution in [0.15, 0.2) is 23.2 Å². The fourth-order valence-corrected chi connectivity index (χ4v) is 2.79. The summed E-state index contributed by atoms with van der Waals surface area (Å²) in [6.45, 7) is 5.50. The van der Waals surface area contributed by atoms with E-state index in [2.05, 4.69) is 20.9 Å². The number of aryl methyl sites for hydroxylation is 1. The van der Waals surface area contributed by atoms with Crippen LogP contribution in [0.2, 0.25) is 0 Å². The maximum Gasteiger partial charge on any atom is 0.251 e. The second-order valence-electron chi connectivity index (χ2n) is 6.71. The van der Waals surface area contributed by atoms with E-state index >= 15 is 0 Å². The molecule has 0 aromatic heterocycles. The summed E-state index contributed by atoms with van der Waals surface area (Å²) in [5, 5.41) is 9.07. The van der Waals surface area contributed by atoms with E-state index in [-0.39, 0.29) is 41.8 Å². The summed E-state index contributed by atoms with van der Waals surface area (Å²) in [6, 6.07) is 4.46. The Morgan fingerprint density at radius 3 is 2.72 bits per heavy atom. The minimum Gasteiger partial charge on any atom is -0.379 e. The third-order valence-electron chi connectivity index (χ3n) is 4.45. The fourth-order valence-electron chi connectivity index (χ4n) is 2.79. The van der Waals surface area contributed by atoms with Gasteiger partial charge in [0.15, 0.2) is 5.96 Å². The molecule has 7 nitrogen and oxygen atoms in total. The summed E-state index contributed by atoms with van der Waals surface area (Å²) >= 11 is 0. The first-order valence-corrected chi connectivity index (χ1v) is 9.78. The Kier molecular flexibility index (Phi) is 12.8. The highest BCUT2D eigenvalue weighted by molar-refractivity contribution is 14.0. The molecule has 1 atom stereocenters. The van der Waals surface area contributed by atoms with Crippen molar-refractivity contribution in [3.8, 4) is 0 Å². The number of hydrogen-bond acceptors (Lipinski definition) is 4. The maximum absolute atomic E-state index is 13.5. The Balaban J connectivity index is 0.00000420. The minimum absolute atomic E-state index is 0.